The van der Waals surface area contributed by atoms with Gasteiger partial charge >= 0.3 is 5.63 Å². The van der Waals surface area contributed by atoms with E-state index >= 15 is 0 Å². The number of rotatable bonds is 5. The second-order valence-electron chi connectivity index (χ2n) is 5.68. The number of fused-ring (bicyclic) bond motifs is 1. The maximum atomic E-state index is 11.8. The third-order valence-corrected chi connectivity index (χ3v) is 4.00. The SMILES string of the molecule is C=CC(C=C)Oc1ccc2oc(-c3oc(=O)c(C)c(O)c3C)cc2c1. The molecule has 5 heteroatoms. The molecule has 25 heavy (non-hydrogen) atoms. The largest absolute Gasteiger partial charge is 0.507 e. The molecule has 0 aliphatic rings. The predicted molar refractivity (Wildman–Crippen MR) is 96.1 cm³/mol. The maximum Gasteiger partial charge on any atom is 0.343 e. The zero-order valence-electron chi connectivity index (χ0n) is 14.0. The molecule has 0 bridgehead atoms. The van der Waals surface area contributed by atoms with E-state index in [-0.39, 0.29) is 23.2 Å². The van der Waals surface area contributed by atoms with Gasteiger partial charge in [0.25, 0.3) is 0 Å². The van der Waals surface area contributed by atoms with Crippen molar-refractivity contribution in [2.24, 2.45) is 0 Å². The fourth-order valence-electron chi connectivity index (χ4n) is 2.52. The van der Waals surface area contributed by atoms with Crippen LogP contribution in [0.4, 0.5) is 0 Å². The average Bonchev–Trinajstić information content (AvgIpc) is 3.03. The van der Waals surface area contributed by atoms with Crippen molar-refractivity contribution in [3.8, 4) is 23.0 Å². The molecule has 0 radical (unpaired) electrons. The van der Waals surface area contributed by atoms with Gasteiger partial charge in [0.15, 0.2) is 11.5 Å². The van der Waals surface area contributed by atoms with Crippen LogP contribution in [0.2, 0.25) is 0 Å². The molecule has 0 spiro atoms. The molecule has 1 N–H and O–H groups in total. The standard InChI is InChI=1S/C20H18O5/c1-5-14(6-2)23-15-7-8-16-13(9-15)10-17(24-16)19-11(3)18(21)12(4)20(22)25-19/h5-10,14,21H,1-2H2,3-4H3. The summed E-state index contributed by atoms with van der Waals surface area (Å²) in [5.74, 6) is 1.12. The highest BCUT2D eigenvalue weighted by molar-refractivity contribution is 5.84. The lowest BCUT2D eigenvalue weighted by Crippen LogP contribution is -2.08. The van der Waals surface area contributed by atoms with E-state index in [1.807, 2.05) is 6.07 Å². The Labute approximate surface area is 144 Å². The van der Waals surface area contributed by atoms with Crippen molar-refractivity contribution in [3.05, 3.63) is 71.1 Å². The van der Waals surface area contributed by atoms with E-state index < -0.39 is 5.63 Å². The van der Waals surface area contributed by atoms with Crippen molar-refractivity contribution in [1.29, 1.82) is 0 Å². The summed E-state index contributed by atoms with van der Waals surface area (Å²) in [5.41, 5.74) is 0.638. The Kier molecular flexibility index (Phi) is 4.23. The molecule has 0 amide bonds. The molecule has 0 saturated carbocycles. The minimum absolute atomic E-state index is 0.0875. The van der Waals surface area contributed by atoms with Gasteiger partial charge in [0.2, 0.25) is 0 Å². The average molecular weight is 338 g/mol. The first-order chi connectivity index (χ1) is 11.9. The first-order valence-electron chi connectivity index (χ1n) is 7.73. The molecule has 5 nitrogen and oxygen atoms in total. The van der Waals surface area contributed by atoms with Crippen LogP contribution < -0.4 is 10.4 Å². The van der Waals surface area contributed by atoms with Crippen molar-refractivity contribution < 1.29 is 18.7 Å². The van der Waals surface area contributed by atoms with Gasteiger partial charge in [-0.05, 0) is 50.3 Å². The van der Waals surface area contributed by atoms with Gasteiger partial charge in [-0.2, -0.15) is 0 Å². The van der Waals surface area contributed by atoms with E-state index in [9.17, 15) is 9.90 Å². The summed E-state index contributed by atoms with van der Waals surface area (Å²) in [7, 11) is 0. The summed E-state index contributed by atoms with van der Waals surface area (Å²) in [6.45, 7) is 10.6. The molecular weight excluding hydrogens is 320 g/mol. The van der Waals surface area contributed by atoms with Gasteiger partial charge in [0.1, 0.15) is 23.2 Å². The van der Waals surface area contributed by atoms with E-state index in [0.717, 1.165) is 5.39 Å². The molecule has 3 aromatic rings. The molecule has 0 fully saturated rings. The highest BCUT2D eigenvalue weighted by Crippen LogP contribution is 2.34. The first-order valence-corrected chi connectivity index (χ1v) is 7.73. The van der Waals surface area contributed by atoms with Gasteiger partial charge in [0, 0.05) is 10.9 Å². The van der Waals surface area contributed by atoms with Gasteiger partial charge in [-0.25, -0.2) is 4.79 Å². The van der Waals surface area contributed by atoms with Crippen LogP contribution in [0.3, 0.4) is 0 Å². The normalized spacial score (nSPS) is 11.0. The van der Waals surface area contributed by atoms with E-state index in [2.05, 4.69) is 13.2 Å². The van der Waals surface area contributed by atoms with Crippen LogP contribution >= 0.6 is 0 Å². The van der Waals surface area contributed by atoms with Crippen LogP contribution in [0.5, 0.6) is 11.5 Å². The molecule has 2 heterocycles. The van der Waals surface area contributed by atoms with Crippen molar-refractivity contribution >= 4 is 11.0 Å². The van der Waals surface area contributed by atoms with Crippen LogP contribution in [-0.2, 0) is 0 Å². The summed E-state index contributed by atoms with van der Waals surface area (Å²) in [4.78, 5) is 11.8. The van der Waals surface area contributed by atoms with Gasteiger partial charge in [-0.15, -0.1) is 0 Å². The molecule has 0 atom stereocenters. The second kappa shape index (κ2) is 6.36. The Balaban J connectivity index is 2.07. The van der Waals surface area contributed by atoms with Crippen LogP contribution in [0.25, 0.3) is 22.5 Å². The Hall–Kier alpha value is -3.21. The van der Waals surface area contributed by atoms with Crippen LogP contribution in [0.15, 0.2) is 63.2 Å². The minimum Gasteiger partial charge on any atom is -0.507 e. The van der Waals surface area contributed by atoms with Crippen molar-refractivity contribution in [1.82, 2.24) is 0 Å². The van der Waals surface area contributed by atoms with Crippen molar-refractivity contribution in [2.45, 2.75) is 20.0 Å². The number of benzene rings is 1. The predicted octanol–water partition coefficient (Wildman–Crippen LogP) is 4.49. The quantitative estimate of drug-likeness (QED) is 0.694. The van der Waals surface area contributed by atoms with Crippen molar-refractivity contribution in [3.63, 3.8) is 0 Å². The summed E-state index contributed by atoms with van der Waals surface area (Å²) < 4.78 is 16.8. The van der Waals surface area contributed by atoms with Crippen LogP contribution in [-0.4, -0.2) is 11.2 Å². The topological polar surface area (TPSA) is 72.8 Å². The lowest BCUT2D eigenvalue weighted by molar-refractivity contribution is 0.297. The lowest BCUT2D eigenvalue weighted by Gasteiger charge is -2.10. The molecular formula is C20H18O5. The second-order valence-corrected chi connectivity index (χ2v) is 5.68. The van der Waals surface area contributed by atoms with Crippen molar-refractivity contribution in [2.75, 3.05) is 0 Å². The van der Waals surface area contributed by atoms with Gasteiger partial charge in [-0.1, -0.05) is 13.2 Å². The Morgan fingerprint density at radius 2 is 1.84 bits per heavy atom. The lowest BCUT2D eigenvalue weighted by atomic mass is 10.1. The number of hydrogen-bond donors (Lipinski definition) is 1. The Morgan fingerprint density at radius 3 is 2.52 bits per heavy atom. The third kappa shape index (κ3) is 2.96. The summed E-state index contributed by atoms with van der Waals surface area (Å²) in [5, 5.41) is 10.8. The molecule has 0 unspecified atom stereocenters. The molecule has 0 saturated heterocycles. The van der Waals surface area contributed by atoms with E-state index in [4.69, 9.17) is 13.6 Å². The number of aromatic hydroxyl groups is 1. The molecule has 128 valence electrons. The fourth-order valence-corrected chi connectivity index (χ4v) is 2.52. The number of furan rings is 1. The molecule has 3 rings (SSSR count). The van der Waals surface area contributed by atoms with Gasteiger partial charge < -0.3 is 18.7 Å². The summed E-state index contributed by atoms with van der Waals surface area (Å²) in [6.07, 6.45) is 2.99. The van der Waals surface area contributed by atoms with Gasteiger partial charge in [-0.3, -0.25) is 0 Å². The summed E-state index contributed by atoms with van der Waals surface area (Å²) in [6, 6.07) is 7.08. The maximum absolute atomic E-state index is 11.8. The Bertz CT molecular complexity index is 1010. The van der Waals surface area contributed by atoms with E-state index in [1.165, 1.54) is 6.92 Å². The molecule has 2 aromatic heterocycles. The van der Waals surface area contributed by atoms with Crippen LogP contribution in [0.1, 0.15) is 11.1 Å². The van der Waals surface area contributed by atoms with Gasteiger partial charge in [0.05, 0.1) is 5.56 Å². The Morgan fingerprint density at radius 1 is 1.12 bits per heavy atom. The summed E-state index contributed by atoms with van der Waals surface area (Å²) >= 11 is 0. The number of ether oxygens (including phenoxy) is 1. The minimum atomic E-state index is -0.595. The zero-order valence-corrected chi connectivity index (χ0v) is 14.0. The zero-order chi connectivity index (χ0) is 18.1. The highest BCUT2D eigenvalue weighted by atomic mass is 16.5. The number of hydrogen-bond acceptors (Lipinski definition) is 5. The van der Waals surface area contributed by atoms with E-state index in [1.54, 1.807) is 37.3 Å². The highest BCUT2D eigenvalue weighted by Gasteiger charge is 2.18. The molecule has 0 aliphatic carbocycles. The smallest absolute Gasteiger partial charge is 0.343 e. The van der Waals surface area contributed by atoms with Crippen LogP contribution in [0, 0.1) is 13.8 Å². The molecule has 0 aliphatic heterocycles. The third-order valence-electron chi connectivity index (χ3n) is 4.00. The first kappa shape index (κ1) is 16.6. The monoisotopic (exact) mass is 338 g/mol. The van der Waals surface area contributed by atoms with E-state index in [0.29, 0.717) is 22.7 Å². The molecule has 1 aromatic carbocycles. The fraction of sp³-hybridized carbons (Fsp3) is 0.150.